The van der Waals surface area contributed by atoms with Gasteiger partial charge in [0.05, 0.1) is 43.0 Å². The molecule has 0 atom stereocenters. The molecule has 2 N–H and O–H groups in total. The molecule has 7 rings (SSSR count). The van der Waals surface area contributed by atoms with Crippen LogP contribution in [0.4, 0.5) is 5.13 Å². The van der Waals surface area contributed by atoms with Crippen LogP contribution in [0, 0.1) is 0 Å². The van der Waals surface area contributed by atoms with E-state index in [0.29, 0.717) is 44.6 Å². The number of ether oxygens (including phenoxy) is 3. The van der Waals surface area contributed by atoms with Gasteiger partial charge in [0, 0.05) is 24.2 Å². The number of nitrogen functional groups attached to an aromatic ring is 1. The summed E-state index contributed by atoms with van der Waals surface area (Å²) in [5, 5.41) is 13.2. The van der Waals surface area contributed by atoms with Gasteiger partial charge in [0.15, 0.2) is 11.0 Å². The Balaban J connectivity index is 1.41. The smallest absolute Gasteiger partial charge is 0.244 e. The predicted molar refractivity (Wildman–Crippen MR) is 201 cm³/mol. The minimum Gasteiger partial charge on any atom is -0.497 e. The first-order valence-electron chi connectivity index (χ1n) is 16.2. The molecular formula is C38H35N7O5S2. The number of tetrazole rings is 1. The Labute approximate surface area is 305 Å². The molecule has 0 amide bonds. The van der Waals surface area contributed by atoms with Crippen molar-refractivity contribution >= 4 is 36.7 Å². The number of anilines is 1. The van der Waals surface area contributed by atoms with E-state index < -0.39 is 10.0 Å². The van der Waals surface area contributed by atoms with Crippen molar-refractivity contribution in [2.24, 2.45) is 0 Å². The second-order valence-electron chi connectivity index (χ2n) is 11.9. The highest BCUT2D eigenvalue weighted by atomic mass is 32.2. The van der Waals surface area contributed by atoms with Crippen molar-refractivity contribution in [3.8, 4) is 39.8 Å². The van der Waals surface area contributed by atoms with Gasteiger partial charge in [0.25, 0.3) is 0 Å². The number of para-hydroxylation sites is 1. The van der Waals surface area contributed by atoms with Crippen LogP contribution in [0.25, 0.3) is 32.7 Å². The fourth-order valence-corrected chi connectivity index (χ4v) is 8.40. The molecule has 0 bridgehead atoms. The van der Waals surface area contributed by atoms with Gasteiger partial charge in [-0.25, -0.2) is 18.1 Å². The second-order valence-corrected chi connectivity index (χ2v) is 14.8. The number of rotatable bonds is 13. The first kappa shape index (κ1) is 34.6. The number of fused-ring (bicyclic) bond motifs is 1. The zero-order chi connectivity index (χ0) is 36.2. The number of methoxy groups -OCH3 is 3. The maximum atomic E-state index is 15.2. The lowest BCUT2D eigenvalue weighted by molar-refractivity contribution is 0.397. The maximum Gasteiger partial charge on any atom is 0.244 e. The third-order valence-corrected chi connectivity index (χ3v) is 11.3. The van der Waals surface area contributed by atoms with Crippen LogP contribution >= 0.6 is 11.3 Å². The average Bonchev–Trinajstić information content (AvgIpc) is 3.80. The van der Waals surface area contributed by atoms with E-state index in [1.165, 1.54) is 15.6 Å². The number of hydrogen-bond donors (Lipinski definition) is 1. The van der Waals surface area contributed by atoms with Gasteiger partial charge in [-0.3, -0.25) is 0 Å². The summed E-state index contributed by atoms with van der Waals surface area (Å²) in [7, 11) is 0.528. The van der Waals surface area contributed by atoms with Gasteiger partial charge in [-0.05, 0) is 81.2 Å². The van der Waals surface area contributed by atoms with Gasteiger partial charge in [-0.15, -0.1) is 5.10 Å². The van der Waals surface area contributed by atoms with E-state index in [0.717, 1.165) is 21.4 Å². The van der Waals surface area contributed by atoms with Crippen LogP contribution in [0.15, 0.2) is 114 Å². The first-order valence-corrected chi connectivity index (χ1v) is 18.5. The van der Waals surface area contributed by atoms with Crippen molar-refractivity contribution in [3.63, 3.8) is 0 Å². The summed E-state index contributed by atoms with van der Waals surface area (Å²) in [6.07, 6.45) is 0. The van der Waals surface area contributed by atoms with Gasteiger partial charge >= 0.3 is 0 Å². The fraction of sp³-hybridized carbons (Fsp3) is 0.158. The molecule has 0 spiro atoms. The lowest BCUT2D eigenvalue weighted by atomic mass is 9.98. The van der Waals surface area contributed by atoms with Crippen molar-refractivity contribution in [3.05, 3.63) is 126 Å². The SMILES string of the molecule is COc1ccc(CN(Cc2ccc(OC)cc2)S(=O)(=O)c2cccc(-c3cccc4sc(N)nc34)c2-c2nnnn2Cc2ccc(OC)cc2)cc1. The highest BCUT2D eigenvalue weighted by Gasteiger charge is 2.32. The molecule has 0 radical (unpaired) electrons. The number of thiazole rings is 1. The highest BCUT2D eigenvalue weighted by molar-refractivity contribution is 7.89. The molecule has 52 heavy (non-hydrogen) atoms. The number of aromatic nitrogens is 5. The van der Waals surface area contributed by atoms with Crippen molar-refractivity contribution in [2.75, 3.05) is 27.1 Å². The first-order chi connectivity index (χ1) is 25.3. The van der Waals surface area contributed by atoms with Gasteiger partial charge in [0.2, 0.25) is 10.0 Å². The number of benzene rings is 5. The van der Waals surface area contributed by atoms with Crippen molar-refractivity contribution in [1.29, 1.82) is 0 Å². The molecule has 0 aliphatic rings. The number of sulfonamides is 1. The average molecular weight is 734 g/mol. The second kappa shape index (κ2) is 14.8. The van der Waals surface area contributed by atoms with Crippen molar-refractivity contribution in [1.82, 2.24) is 29.5 Å². The largest absolute Gasteiger partial charge is 0.497 e. The molecule has 0 saturated carbocycles. The van der Waals surface area contributed by atoms with Crippen LogP contribution in [0.3, 0.4) is 0 Å². The summed E-state index contributed by atoms with van der Waals surface area (Å²) < 4.78 is 50.5. The topological polar surface area (TPSA) is 148 Å². The Kier molecular flexibility index (Phi) is 9.85. The Morgan fingerprint density at radius 2 is 1.25 bits per heavy atom. The molecule has 0 saturated heterocycles. The molecule has 0 unspecified atom stereocenters. The van der Waals surface area contributed by atoms with Crippen molar-refractivity contribution in [2.45, 2.75) is 24.5 Å². The zero-order valence-corrected chi connectivity index (χ0v) is 30.3. The predicted octanol–water partition coefficient (Wildman–Crippen LogP) is 6.66. The molecule has 2 aromatic heterocycles. The lowest BCUT2D eigenvalue weighted by Crippen LogP contribution is -2.31. The normalized spacial score (nSPS) is 11.6. The molecule has 14 heteroatoms. The van der Waals surface area contributed by atoms with Crippen LogP contribution in [0.5, 0.6) is 17.2 Å². The number of nitrogens with zero attached hydrogens (tertiary/aromatic N) is 6. The maximum absolute atomic E-state index is 15.2. The van der Waals surface area contributed by atoms with E-state index in [4.69, 9.17) is 19.9 Å². The lowest BCUT2D eigenvalue weighted by Gasteiger charge is -2.25. The third-order valence-electron chi connectivity index (χ3n) is 8.65. The third kappa shape index (κ3) is 7.04. The number of hydrogen-bond acceptors (Lipinski definition) is 11. The number of nitrogens with two attached hydrogens (primary N) is 1. The van der Waals surface area contributed by atoms with E-state index in [-0.39, 0.29) is 30.4 Å². The molecule has 5 aromatic carbocycles. The van der Waals surface area contributed by atoms with E-state index in [9.17, 15) is 0 Å². The van der Waals surface area contributed by atoms with Crippen LogP contribution in [0.1, 0.15) is 16.7 Å². The van der Waals surface area contributed by atoms with Crippen molar-refractivity contribution < 1.29 is 22.6 Å². The molecule has 2 heterocycles. The molecule has 0 aliphatic carbocycles. The molecule has 7 aromatic rings. The summed E-state index contributed by atoms with van der Waals surface area (Å²) in [5.41, 5.74) is 10.9. The monoisotopic (exact) mass is 733 g/mol. The minimum atomic E-state index is -4.26. The Hall–Kier alpha value is -5.83. The van der Waals surface area contributed by atoms with Crippen LogP contribution in [-0.4, -0.2) is 59.2 Å². The van der Waals surface area contributed by atoms with E-state index in [2.05, 4.69) is 20.5 Å². The molecular weight excluding hydrogens is 699 g/mol. The molecule has 264 valence electrons. The van der Waals surface area contributed by atoms with E-state index in [1.807, 2.05) is 97.1 Å². The van der Waals surface area contributed by atoms with Crippen LogP contribution in [-0.2, 0) is 29.7 Å². The summed E-state index contributed by atoms with van der Waals surface area (Å²) >= 11 is 1.36. The molecule has 0 aliphatic heterocycles. The standard InChI is InChI=1S/C38H35N7O5S2/c1-48-28-16-10-25(11-17-28)22-44(23-26-12-18-29(49-2)19-13-26)52(46,47)34-9-5-6-31(32-7-4-8-33-36(32)40-38(39)51-33)35(34)37-41-42-43-45(37)24-27-14-20-30(50-3)21-15-27/h4-21H,22-24H2,1-3H3,(H2,39,40). The fourth-order valence-electron chi connectivity index (χ4n) is 6.01. The van der Waals surface area contributed by atoms with Gasteiger partial charge < -0.3 is 19.9 Å². The van der Waals surface area contributed by atoms with Gasteiger partial charge in [-0.2, -0.15) is 4.31 Å². The summed E-state index contributed by atoms with van der Waals surface area (Å²) in [5.74, 6) is 2.33. The summed E-state index contributed by atoms with van der Waals surface area (Å²) in [6, 6.07) is 33.2. The van der Waals surface area contributed by atoms with Gasteiger partial charge in [0.1, 0.15) is 17.2 Å². The zero-order valence-electron chi connectivity index (χ0n) is 28.6. The Bertz CT molecular complexity index is 2380. The van der Waals surface area contributed by atoms with Crippen LogP contribution in [0.2, 0.25) is 0 Å². The minimum absolute atomic E-state index is 0.0398. The van der Waals surface area contributed by atoms with Crippen LogP contribution < -0.4 is 19.9 Å². The quantitative estimate of drug-likeness (QED) is 0.136. The Morgan fingerprint density at radius 1 is 0.712 bits per heavy atom. The van der Waals surface area contributed by atoms with E-state index >= 15 is 8.42 Å². The summed E-state index contributed by atoms with van der Waals surface area (Å²) in [6.45, 7) is 0.434. The highest BCUT2D eigenvalue weighted by Crippen LogP contribution is 2.41. The summed E-state index contributed by atoms with van der Waals surface area (Å²) in [4.78, 5) is 4.67. The van der Waals surface area contributed by atoms with E-state index in [1.54, 1.807) is 38.1 Å². The van der Waals surface area contributed by atoms with Gasteiger partial charge in [-0.1, -0.05) is 72.0 Å². The Morgan fingerprint density at radius 3 is 1.83 bits per heavy atom. The molecule has 12 nitrogen and oxygen atoms in total. The molecule has 0 fully saturated rings.